The van der Waals surface area contributed by atoms with Crippen molar-refractivity contribution < 1.29 is 0 Å². The molecule has 3 heteroatoms. The van der Waals surface area contributed by atoms with Crippen LogP contribution in [-0.2, 0) is 6.54 Å². The van der Waals surface area contributed by atoms with Gasteiger partial charge in [0.05, 0.1) is 17.1 Å². The molecule has 0 aliphatic heterocycles. The lowest BCUT2D eigenvalue weighted by Crippen LogP contribution is -1.97. The number of hydrogen-bond donors (Lipinski definition) is 0. The molecule has 0 N–H and O–H groups in total. The fraction of sp³-hybridized carbons (Fsp3) is 0.0667. The van der Waals surface area contributed by atoms with E-state index in [1.54, 1.807) is 6.20 Å². The Labute approximate surface area is 105 Å². The zero-order valence-electron chi connectivity index (χ0n) is 9.74. The van der Waals surface area contributed by atoms with E-state index < -0.39 is 0 Å². The van der Waals surface area contributed by atoms with Crippen LogP contribution >= 0.6 is 0 Å². The first-order valence-corrected chi connectivity index (χ1v) is 5.75. The van der Waals surface area contributed by atoms with Gasteiger partial charge in [0.15, 0.2) is 0 Å². The molecule has 86 valence electrons. The van der Waals surface area contributed by atoms with Gasteiger partial charge in [0.1, 0.15) is 0 Å². The molecule has 0 aliphatic carbocycles. The molecule has 0 spiro atoms. The molecule has 0 radical (unpaired) electrons. The second-order valence-electron chi connectivity index (χ2n) is 4.19. The van der Waals surface area contributed by atoms with E-state index in [-0.39, 0.29) is 0 Å². The molecular formula is C15H11N3. The van der Waals surface area contributed by atoms with Crippen LogP contribution in [-0.4, -0.2) is 9.55 Å². The molecule has 1 aromatic carbocycles. The summed E-state index contributed by atoms with van der Waals surface area (Å²) in [6.45, 7) is 0.805. The Hall–Kier alpha value is -2.60. The van der Waals surface area contributed by atoms with Crippen LogP contribution in [0.2, 0.25) is 0 Å². The Kier molecular flexibility index (Phi) is 2.54. The summed E-state index contributed by atoms with van der Waals surface area (Å²) in [5, 5.41) is 9.91. The van der Waals surface area contributed by atoms with Gasteiger partial charge in [-0.05, 0) is 29.8 Å². The third kappa shape index (κ3) is 1.85. The number of hydrogen-bond acceptors (Lipinski definition) is 2. The van der Waals surface area contributed by atoms with Crippen molar-refractivity contribution in [1.82, 2.24) is 9.55 Å². The number of nitrogens with zero attached hydrogens (tertiary/aromatic N) is 3. The highest BCUT2D eigenvalue weighted by molar-refractivity contribution is 5.78. The number of nitriles is 1. The average molecular weight is 233 g/mol. The minimum atomic E-state index is 0.695. The standard InChI is InChI=1S/C15H11N3/c16-9-12-1-3-13(4-2-12)11-18-8-6-14-10-17-7-5-15(14)18/h1-8,10H,11H2. The Bertz CT molecular complexity index is 717. The van der Waals surface area contributed by atoms with Crippen molar-refractivity contribution in [3.63, 3.8) is 0 Å². The molecule has 2 heterocycles. The van der Waals surface area contributed by atoms with Crippen LogP contribution in [0.4, 0.5) is 0 Å². The third-order valence-electron chi connectivity index (χ3n) is 3.01. The zero-order valence-corrected chi connectivity index (χ0v) is 9.74. The number of fused-ring (bicyclic) bond motifs is 1. The number of benzene rings is 1. The maximum absolute atomic E-state index is 8.76. The van der Waals surface area contributed by atoms with Crippen LogP contribution in [0, 0.1) is 11.3 Å². The lowest BCUT2D eigenvalue weighted by Gasteiger charge is -2.05. The smallest absolute Gasteiger partial charge is 0.0991 e. The van der Waals surface area contributed by atoms with Crippen molar-refractivity contribution in [2.45, 2.75) is 6.54 Å². The van der Waals surface area contributed by atoms with Gasteiger partial charge >= 0.3 is 0 Å². The molecule has 3 nitrogen and oxygen atoms in total. The van der Waals surface area contributed by atoms with Crippen LogP contribution in [0.3, 0.4) is 0 Å². The Balaban J connectivity index is 1.94. The molecule has 0 bridgehead atoms. The quantitative estimate of drug-likeness (QED) is 0.682. The summed E-state index contributed by atoms with van der Waals surface area (Å²) in [5.41, 5.74) is 3.05. The van der Waals surface area contributed by atoms with Gasteiger partial charge in [-0.25, -0.2) is 0 Å². The number of pyridine rings is 1. The highest BCUT2D eigenvalue weighted by Gasteiger charge is 2.01. The van der Waals surface area contributed by atoms with Crippen molar-refractivity contribution in [3.05, 3.63) is 66.1 Å². The lowest BCUT2D eigenvalue weighted by molar-refractivity contribution is 0.836. The van der Waals surface area contributed by atoms with E-state index in [1.807, 2.05) is 36.5 Å². The van der Waals surface area contributed by atoms with E-state index in [2.05, 4.69) is 27.9 Å². The molecular weight excluding hydrogens is 222 g/mol. The first-order valence-electron chi connectivity index (χ1n) is 5.75. The van der Waals surface area contributed by atoms with E-state index in [0.717, 1.165) is 11.9 Å². The lowest BCUT2D eigenvalue weighted by atomic mass is 10.1. The largest absolute Gasteiger partial charge is 0.343 e. The number of aromatic nitrogens is 2. The number of rotatable bonds is 2. The van der Waals surface area contributed by atoms with Crippen molar-refractivity contribution in [2.24, 2.45) is 0 Å². The topological polar surface area (TPSA) is 41.6 Å². The summed E-state index contributed by atoms with van der Waals surface area (Å²) < 4.78 is 2.18. The molecule has 3 rings (SSSR count). The second-order valence-corrected chi connectivity index (χ2v) is 4.19. The van der Waals surface area contributed by atoms with Gasteiger partial charge in [-0.3, -0.25) is 4.98 Å². The molecule has 3 aromatic rings. The van der Waals surface area contributed by atoms with Gasteiger partial charge in [-0.1, -0.05) is 12.1 Å². The summed E-state index contributed by atoms with van der Waals surface area (Å²) in [6.07, 6.45) is 5.73. The van der Waals surface area contributed by atoms with Crippen LogP contribution in [0.1, 0.15) is 11.1 Å². The van der Waals surface area contributed by atoms with Crippen molar-refractivity contribution in [1.29, 1.82) is 5.26 Å². The predicted octanol–water partition coefficient (Wildman–Crippen LogP) is 2.96. The first kappa shape index (κ1) is 10.5. The highest BCUT2D eigenvalue weighted by Crippen LogP contribution is 2.15. The second kappa shape index (κ2) is 4.34. The normalized spacial score (nSPS) is 10.4. The monoisotopic (exact) mass is 233 g/mol. The van der Waals surface area contributed by atoms with Crippen molar-refractivity contribution >= 4 is 10.9 Å². The average Bonchev–Trinajstić information content (AvgIpc) is 2.83. The predicted molar refractivity (Wildman–Crippen MR) is 70.0 cm³/mol. The molecule has 2 aromatic heterocycles. The molecule has 0 saturated carbocycles. The molecule has 0 unspecified atom stereocenters. The minimum Gasteiger partial charge on any atom is -0.343 e. The Morgan fingerprint density at radius 2 is 1.94 bits per heavy atom. The van der Waals surface area contributed by atoms with E-state index in [4.69, 9.17) is 5.26 Å². The molecule has 0 fully saturated rings. The molecule has 0 aliphatic rings. The summed E-state index contributed by atoms with van der Waals surface area (Å²) in [7, 11) is 0. The van der Waals surface area contributed by atoms with E-state index in [1.165, 1.54) is 11.1 Å². The van der Waals surface area contributed by atoms with Crippen LogP contribution in [0.25, 0.3) is 10.9 Å². The van der Waals surface area contributed by atoms with Crippen LogP contribution in [0.5, 0.6) is 0 Å². The summed E-state index contributed by atoms with van der Waals surface area (Å²) in [5.74, 6) is 0. The highest BCUT2D eigenvalue weighted by atomic mass is 15.0. The third-order valence-corrected chi connectivity index (χ3v) is 3.01. The summed E-state index contributed by atoms with van der Waals surface area (Å²) >= 11 is 0. The van der Waals surface area contributed by atoms with Gasteiger partial charge < -0.3 is 4.57 Å². The molecule has 0 saturated heterocycles. The van der Waals surface area contributed by atoms with Gasteiger partial charge in [-0.2, -0.15) is 5.26 Å². The van der Waals surface area contributed by atoms with Gasteiger partial charge in [0.25, 0.3) is 0 Å². The summed E-state index contributed by atoms with van der Waals surface area (Å²) in [4.78, 5) is 4.11. The fourth-order valence-corrected chi connectivity index (χ4v) is 2.06. The summed E-state index contributed by atoms with van der Waals surface area (Å²) in [6, 6.07) is 13.9. The van der Waals surface area contributed by atoms with Gasteiger partial charge in [-0.15, -0.1) is 0 Å². The molecule has 18 heavy (non-hydrogen) atoms. The molecule has 0 amide bonds. The maximum atomic E-state index is 8.76. The SMILES string of the molecule is N#Cc1ccc(Cn2ccc3cnccc32)cc1. The molecule has 0 atom stereocenters. The van der Waals surface area contributed by atoms with E-state index in [0.29, 0.717) is 5.56 Å². The van der Waals surface area contributed by atoms with Crippen molar-refractivity contribution in [2.75, 3.05) is 0 Å². The van der Waals surface area contributed by atoms with E-state index in [9.17, 15) is 0 Å². The minimum absolute atomic E-state index is 0.695. The van der Waals surface area contributed by atoms with E-state index >= 15 is 0 Å². The first-order chi connectivity index (χ1) is 8.86. The Morgan fingerprint density at radius 3 is 2.72 bits per heavy atom. The van der Waals surface area contributed by atoms with Crippen LogP contribution < -0.4 is 0 Å². The fourth-order valence-electron chi connectivity index (χ4n) is 2.06. The zero-order chi connectivity index (χ0) is 12.4. The van der Waals surface area contributed by atoms with Gasteiger partial charge in [0.2, 0.25) is 0 Å². The van der Waals surface area contributed by atoms with Gasteiger partial charge in [0, 0.05) is 30.5 Å². The van der Waals surface area contributed by atoms with Crippen LogP contribution in [0.15, 0.2) is 55.0 Å². The maximum Gasteiger partial charge on any atom is 0.0991 e. The van der Waals surface area contributed by atoms with Crippen molar-refractivity contribution in [3.8, 4) is 6.07 Å². The Morgan fingerprint density at radius 1 is 1.11 bits per heavy atom.